The van der Waals surface area contributed by atoms with Crippen LogP contribution in [0.25, 0.3) is 0 Å². The van der Waals surface area contributed by atoms with Crippen molar-refractivity contribution in [2.24, 2.45) is 0 Å². The van der Waals surface area contributed by atoms with Crippen LogP contribution in [-0.2, 0) is 6.54 Å². The third kappa shape index (κ3) is 3.13. The fraction of sp³-hybridized carbons (Fsp3) is 0.625. The van der Waals surface area contributed by atoms with Crippen molar-refractivity contribution in [3.8, 4) is 0 Å². The van der Waals surface area contributed by atoms with Crippen LogP contribution in [0.1, 0.15) is 31.2 Å². The van der Waals surface area contributed by atoms with E-state index in [0.717, 1.165) is 37.8 Å². The quantitative estimate of drug-likeness (QED) is 0.862. The molecule has 0 aromatic heterocycles. The van der Waals surface area contributed by atoms with Gasteiger partial charge in [0.2, 0.25) is 0 Å². The molecule has 0 bridgehead atoms. The maximum Gasteiger partial charge on any atom is 0.129 e. The van der Waals surface area contributed by atoms with Crippen molar-refractivity contribution in [3.05, 3.63) is 29.6 Å². The van der Waals surface area contributed by atoms with Crippen molar-refractivity contribution >= 4 is 5.69 Å². The van der Waals surface area contributed by atoms with Gasteiger partial charge in [-0.15, -0.1) is 0 Å². The lowest BCUT2D eigenvalue weighted by Gasteiger charge is -2.38. The molecule has 1 heterocycles. The lowest BCUT2D eigenvalue weighted by molar-refractivity contribution is 0.0930. The molecular formula is C16H24FN3. The van der Waals surface area contributed by atoms with Crippen molar-refractivity contribution in [1.29, 1.82) is 0 Å². The second-order valence-corrected chi connectivity index (χ2v) is 6.10. The van der Waals surface area contributed by atoms with Crippen LogP contribution in [-0.4, -0.2) is 42.0 Å². The highest BCUT2D eigenvalue weighted by atomic mass is 19.1. The van der Waals surface area contributed by atoms with Gasteiger partial charge in [-0.05, 0) is 25.0 Å². The van der Waals surface area contributed by atoms with E-state index < -0.39 is 0 Å². The zero-order chi connectivity index (χ0) is 13.9. The number of nitrogen functional groups attached to an aromatic ring is 1. The first kappa shape index (κ1) is 13.8. The Morgan fingerprint density at radius 1 is 1.10 bits per heavy atom. The minimum Gasteiger partial charge on any atom is -0.399 e. The van der Waals surface area contributed by atoms with Gasteiger partial charge in [0.05, 0.1) is 0 Å². The number of halogens is 1. The van der Waals surface area contributed by atoms with Crippen LogP contribution < -0.4 is 5.73 Å². The number of benzene rings is 1. The van der Waals surface area contributed by atoms with Crippen LogP contribution in [0, 0.1) is 5.82 Å². The van der Waals surface area contributed by atoms with Crippen LogP contribution in [0.5, 0.6) is 0 Å². The van der Waals surface area contributed by atoms with Crippen LogP contribution in [0.15, 0.2) is 18.2 Å². The van der Waals surface area contributed by atoms with E-state index in [1.54, 1.807) is 6.07 Å². The van der Waals surface area contributed by atoms with Crippen molar-refractivity contribution < 1.29 is 4.39 Å². The molecule has 1 saturated heterocycles. The van der Waals surface area contributed by atoms with Gasteiger partial charge < -0.3 is 5.73 Å². The van der Waals surface area contributed by atoms with E-state index in [1.165, 1.54) is 31.7 Å². The molecule has 3 rings (SSSR count). The van der Waals surface area contributed by atoms with Crippen molar-refractivity contribution in [2.45, 2.75) is 38.3 Å². The molecule has 3 nitrogen and oxygen atoms in total. The number of hydrogen-bond acceptors (Lipinski definition) is 3. The molecule has 0 amide bonds. The normalized spacial score (nSPS) is 22.4. The van der Waals surface area contributed by atoms with E-state index in [1.807, 2.05) is 6.07 Å². The molecule has 1 aromatic rings. The predicted molar refractivity (Wildman–Crippen MR) is 79.9 cm³/mol. The molecule has 0 atom stereocenters. The first-order valence-corrected chi connectivity index (χ1v) is 7.73. The third-order valence-corrected chi connectivity index (χ3v) is 4.72. The third-order valence-electron chi connectivity index (χ3n) is 4.72. The Balaban J connectivity index is 1.53. The zero-order valence-corrected chi connectivity index (χ0v) is 12.0. The predicted octanol–water partition coefficient (Wildman–Crippen LogP) is 2.47. The van der Waals surface area contributed by atoms with Crippen molar-refractivity contribution in [2.75, 3.05) is 31.9 Å². The second-order valence-electron chi connectivity index (χ2n) is 6.10. The molecule has 2 aliphatic rings. The lowest BCUT2D eigenvalue weighted by Crippen LogP contribution is -2.49. The molecule has 110 valence electrons. The molecular weight excluding hydrogens is 253 g/mol. The lowest BCUT2D eigenvalue weighted by atomic mass is 10.1. The molecule has 2 fully saturated rings. The van der Waals surface area contributed by atoms with E-state index in [0.29, 0.717) is 12.2 Å². The SMILES string of the molecule is Nc1ccc(CN2CCN(C3CCCC3)CC2)c(F)c1. The molecule has 1 aliphatic carbocycles. The van der Waals surface area contributed by atoms with Gasteiger partial charge in [-0.1, -0.05) is 18.9 Å². The monoisotopic (exact) mass is 277 g/mol. The topological polar surface area (TPSA) is 32.5 Å². The summed E-state index contributed by atoms with van der Waals surface area (Å²) in [7, 11) is 0. The number of piperazine rings is 1. The smallest absolute Gasteiger partial charge is 0.129 e. The van der Waals surface area contributed by atoms with Crippen LogP contribution >= 0.6 is 0 Å². The largest absolute Gasteiger partial charge is 0.399 e. The molecule has 0 radical (unpaired) electrons. The van der Waals surface area contributed by atoms with E-state index >= 15 is 0 Å². The van der Waals surface area contributed by atoms with Crippen LogP contribution in [0.3, 0.4) is 0 Å². The number of hydrogen-bond donors (Lipinski definition) is 1. The van der Waals surface area contributed by atoms with Gasteiger partial charge in [0.25, 0.3) is 0 Å². The Morgan fingerprint density at radius 3 is 2.45 bits per heavy atom. The molecule has 2 N–H and O–H groups in total. The fourth-order valence-electron chi connectivity index (χ4n) is 3.49. The van der Waals surface area contributed by atoms with Gasteiger partial charge in [0.1, 0.15) is 5.82 Å². The van der Waals surface area contributed by atoms with Gasteiger partial charge >= 0.3 is 0 Å². The molecule has 1 aliphatic heterocycles. The first-order chi connectivity index (χ1) is 9.72. The standard InChI is InChI=1S/C16H24FN3/c17-16-11-14(18)6-5-13(16)12-19-7-9-20(10-8-19)15-3-1-2-4-15/h5-6,11,15H,1-4,7-10,12,18H2. The van der Waals surface area contributed by atoms with Gasteiger partial charge in [-0.2, -0.15) is 0 Å². The minimum absolute atomic E-state index is 0.178. The maximum atomic E-state index is 13.8. The summed E-state index contributed by atoms with van der Waals surface area (Å²) < 4.78 is 13.8. The van der Waals surface area contributed by atoms with E-state index in [4.69, 9.17) is 5.73 Å². The minimum atomic E-state index is -0.178. The first-order valence-electron chi connectivity index (χ1n) is 7.73. The fourth-order valence-corrected chi connectivity index (χ4v) is 3.49. The molecule has 1 saturated carbocycles. The summed E-state index contributed by atoms with van der Waals surface area (Å²) in [4.78, 5) is 4.98. The highest BCUT2D eigenvalue weighted by Gasteiger charge is 2.26. The van der Waals surface area contributed by atoms with Crippen molar-refractivity contribution in [3.63, 3.8) is 0 Å². The summed E-state index contributed by atoms with van der Waals surface area (Å²) >= 11 is 0. The highest BCUT2D eigenvalue weighted by Crippen LogP contribution is 2.24. The average Bonchev–Trinajstić information content (AvgIpc) is 2.97. The molecule has 20 heavy (non-hydrogen) atoms. The van der Waals surface area contributed by atoms with E-state index in [-0.39, 0.29) is 5.82 Å². The number of anilines is 1. The summed E-state index contributed by atoms with van der Waals surface area (Å²) in [6.45, 7) is 5.04. The summed E-state index contributed by atoms with van der Waals surface area (Å²) in [5, 5.41) is 0. The number of rotatable bonds is 3. The summed E-state index contributed by atoms with van der Waals surface area (Å²) in [6.07, 6.45) is 5.52. The maximum absolute atomic E-state index is 13.8. The number of nitrogens with two attached hydrogens (primary N) is 1. The van der Waals surface area contributed by atoms with Crippen LogP contribution in [0.4, 0.5) is 10.1 Å². The van der Waals surface area contributed by atoms with Gasteiger partial charge in [-0.3, -0.25) is 9.80 Å². The van der Waals surface area contributed by atoms with Crippen LogP contribution in [0.2, 0.25) is 0 Å². The van der Waals surface area contributed by atoms with Gasteiger partial charge in [0, 0.05) is 50.0 Å². The summed E-state index contributed by atoms with van der Waals surface area (Å²) in [5.41, 5.74) is 6.84. The Morgan fingerprint density at radius 2 is 1.80 bits per heavy atom. The second kappa shape index (κ2) is 6.10. The van der Waals surface area contributed by atoms with Gasteiger partial charge in [-0.25, -0.2) is 4.39 Å². The Labute approximate surface area is 120 Å². The summed E-state index contributed by atoms with van der Waals surface area (Å²) in [6, 6.07) is 5.83. The van der Waals surface area contributed by atoms with E-state index in [9.17, 15) is 4.39 Å². The average molecular weight is 277 g/mol. The Kier molecular flexibility index (Phi) is 4.22. The van der Waals surface area contributed by atoms with Crippen molar-refractivity contribution in [1.82, 2.24) is 9.80 Å². The number of nitrogens with zero attached hydrogens (tertiary/aromatic N) is 2. The highest BCUT2D eigenvalue weighted by molar-refractivity contribution is 5.40. The molecule has 4 heteroatoms. The Hall–Kier alpha value is -1.13. The molecule has 0 spiro atoms. The zero-order valence-electron chi connectivity index (χ0n) is 12.0. The summed E-state index contributed by atoms with van der Waals surface area (Å²) in [5.74, 6) is -0.178. The molecule has 0 unspecified atom stereocenters. The Bertz CT molecular complexity index is 449. The van der Waals surface area contributed by atoms with Gasteiger partial charge in [0.15, 0.2) is 0 Å². The molecule has 1 aromatic carbocycles. The van der Waals surface area contributed by atoms with E-state index in [2.05, 4.69) is 9.80 Å².